The lowest BCUT2D eigenvalue weighted by molar-refractivity contribution is -0.133. The number of piperidine rings is 1. The lowest BCUT2D eigenvalue weighted by atomic mass is 9.82. The summed E-state index contributed by atoms with van der Waals surface area (Å²) < 4.78 is 0. The molecule has 0 radical (unpaired) electrons. The van der Waals surface area contributed by atoms with Gasteiger partial charge >= 0.3 is 0 Å². The van der Waals surface area contributed by atoms with Crippen LogP contribution in [0.5, 0.6) is 0 Å². The van der Waals surface area contributed by atoms with Crippen LogP contribution in [0.15, 0.2) is 42.5 Å². The van der Waals surface area contributed by atoms with Crippen LogP contribution in [-0.4, -0.2) is 41.6 Å². The first-order valence-corrected chi connectivity index (χ1v) is 11.3. The Morgan fingerprint density at radius 2 is 1.74 bits per heavy atom. The zero-order valence-electron chi connectivity index (χ0n) is 18.1. The van der Waals surface area contributed by atoms with E-state index in [1.54, 1.807) is 5.48 Å². The Morgan fingerprint density at radius 3 is 2.48 bits per heavy atom. The zero-order chi connectivity index (χ0) is 21.8. The summed E-state index contributed by atoms with van der Waals surface area (Å²) in [5, 5.41) is 12.1. The maximum Gasteiger partial charge on any atom is 0.246 e. The van der Waals surface area contributed by atoms with Crippen molar-refractivity contribution < 1.29 is 14.8 Å². The van der Waals surface area contributed by atoms with Crippen molar-refractivity contribution in [2.45, 2.75) is 39.0 Å². The van der Waals surface area contributed by atoms with Crippen LogP contribution in [0.1, 0.15) is 37.3 Å². The van der Waals surface area contributed by atoms with Crippen LogP contribution in [0.4, 0.5) is 5.69 Å². The third-order valence-corrected chi connectivity index (χ3v) is 6.78. The third kappa shape index (κ3) is 4.97. The molecule has 4 rings (SSSR count). The standard InChI is InChI=1S/C25H31N3O3/c1-2-28-12-10-18(11-13-28)24(29)26-23-5-3-4-19(16-23)20-8-6-17-7-9-21(25(30)27-31)15-22(17)14-20/h3-6,8,14,16,18,21,31H,2,7,9-13,15H2,1H3,(H,26,29)(H,27,30). The van der Waals surface area contributed by atoms with Crippen LogP contribution >= 0.6 is 0 Å². The molecule has 2 aromatic rings. The fourth-order valence-corrected chi connectivity index (χ4v) is 4.78. The molecule has 1 heterocycles. The number of rotatable bonds is 5. The van der Waals surface area contributed by atoms with Crippen molar-refractivity contribution in [1.29, 1.82) is 0 Å². The molecule has 2 amide bonds. The highest BCUT2D eigenvalue weighted by atomic mass is 16.5. The van der Waals surface area contributed by atoms with Crippen molar-refractivity contribution in [3.63, 3.8) is 0 Å². The van der Waals surface area contributed by atoms with E-state index in [-0.39, 0.29) is 23.7 Å². The molecule has 1 aliphatic carbocycles. The summed E-state index contributed by atoms with van der Waals surface area (Å²) in [4.78, 5) is 27.0. The molecule has 1 atom stereocenters. The molecule has 0 saturated carbocycles. The number of hydroxylamine groups is 1. The summed E-state index contributed by atoms with van der Waals surface area (Å²) in [6.45, 7) is 5.18. The molecule has 0 spiro atoms. The van der Waals surface area contributed by atoms with Gasteiger partial charge in [0.15, 0.2) is 0 Å². The van der Waals surface area contributed by atoms with Crippen LogP contribution in [0.25, 0.3) is 11.1 Å². The van der Waals surface area contributed by atoms with Gasteiger partial charge in [-0.15, -0.1) is 0 Å². The number of likely N-dealkylation sites (tertiary alicyclic amines) is 1. The van der Waals surface area contributed by atoms with Gasteiger partial charge in [-0.05, 0) is 86.1 Å². The molecule has 2 aliphatic rings. The molecule has 164 valence electrons. The summed E-state index contributed by atoms with van der Waals surface area (Å²) in [6, 6.07) is 14.3. The van der Waals surface area contributed by atoms with Crippen LogP contribution in [-0.2, 0) is 22.4 Å². The molecule has 1 saturated heterocycles. The minimum Gasteiger partial charge on any atom is -0.326 e. The van der Waals surface area contributed by atoms with E-state index in [0.717, 1.165) is 67.7 Å². The van der Waals surface area contributed by atoms with Gasteiger partial charge in [0, 0.05) is 17.5 Å². The quantitative estimate of drug-likeness (QED) is 0.509. The third-order valence-electron chi connectivity index (χ3n) is 6.78. The minimum atomic E-state index is -0.314. The van der Waals surface area contributed by atoms with E-state index < -0.39 is 0 Å². The van der Waals surface area contributed by atoms with Gasteiger partial charge in [-0.1, -0.05) is 37.3 Å². The number of carbonyl (C=O) groups is 2. The molecule has 0 aromatic heterocycles. The molecule has 6 heteroatoms. The van der Waals surface area contributed by atoms with Crippen LogP contribution < -0.4 is 10.8 Å². The van der Waals surface area contributed by atoms with Gasteiger partial charge in [0.05, 0.1) is 0 Å². The summed E-state index contributed by atoms with van der Waals surface area (Å²) in [5.74, 6) is -0.330. The second-order valence-corrected chi connectivity index (χ2v) is 8.68. The van der Waals surface area contributed by atoms with Gasteiger partial charge in [-0.25, -0.2) is 5.48 Å². The molecule has 6 nitrogen and oxygen atoms in total. The van der Waals surface area contributed by atoms with Crippen molar-refractivity contribution in [3.8, 4) is 11.1 Å². The Balaban J connectivity index is 1.46. The number of nitrogens with one attached hydrogen (secondary N) is 2. The summed E-state index contributed by atoms with van der Waals surface area (Å²) in [6.07, 6.45) is 4.03. The first-order chi connectivity index (χ1) is 15.1. The molecule has 2 aromatic carbocycles. The van der Waals surface area contributed by atoms with Crippen molar-refractivity contribution in [2.75, 3.05) is 25.0 Å². The minimum absolute atomic E-state index is 0.0739. The average molecular weight is 422 g/mol. The van der Waals surface area contributed by atoms with E-state index in [9.17, 15) is 9.59 Å². The number of amides is 2. The Bertz CT molecular complexity index is 951. The van der Waals surface area contributed by atoms with Crippen LogP contribution in [0.3, 0.4) is 0 Å². The number of benzene rings is 2. The molecule has 1 fully saturated rings. The first-order valence-electron chi connectivity index (χ1n) is 11.3. The smallest absolute Gasteiger partial charge is 0.246 e. The molecule has 1 unspecified atom stereocenters. The lowest BCUT2D eigenvalue weighted by Crippen LogP contribution is -2.37. The number of hydrogen-bond acceptors (Lipinski definition) is 4. The van der Waals surface area contributed by atoms with Gasteiger partial charge in [0.2, 0.25) is 11.8 Å². The Labute approximate surface area is 183 Å². The van der Waals surface area contributed by atoms with Gasteiger partial charge in [0.25, 0.3) is 0 Å². The highest BCUT2D eigenvalue weighted by molar-refractivity contribution is 5.93. The molecular formula is C25H31N3O3. The second-order valence-electron chi connectivity index (χ2n) is 8.68. The van der Waals surface area contributed by atoms with Crippen molar-refractivity contribution in [3.05, 3.63) is 53.6 Å². The van der Waals surface area contributed by atoms with E-state index in [1.165, 1.54) is 5.56 Å². The molecule has 3 N–H and O–H groups in total. The fraction of sp³-hybridized carbons (Fsp3) is 0.440. The zero-order valence-corrected chi connectivity index (χ0v) is 18.1. The van der Waals surface area contributed by atoms with Gasteiger partial charge in [0.1, 0.15) is 0 Å². The summed E-state index contributed by atoms with van der Waals surface area (Å²) >= 11 is 0. The number of aryl methyl sites for hydroxylation is 1. The number of hydrogen-bond donors (Lipinski definition) is 3. The van der Waals surface area contributed by atoms with Crippen molar-refractivity contribution in [1.82, 2.24) is 10.4 Å². The Morgan fingerprint density at radius 1 is 0.968 bits per heavy atom. The van der Waals surface area contributed by atoms with Crippen LogP contribution in [0.2, 0.25) is 0 Å². The maximum atomic E-state index is 12.7. The predicted molar refractivity (Wildman–Crippen MR) is 121 cm³/mol. The molecule has 0 bridgehead atoms. The highest BCUT2D eigenvalue weighted by Crippen LogP contribution is 2.31. The molecular weight excluding hydrogens is 390 g/mol. The predicted octanol–water partition coefficient (Wildman–Crippen LogP) is 3.63. The van der Waals surface area contributed by atoms with E-state index in [1.807, 2.05) is 24.3 Å². The van der Waals surface area contributed by atoms with E-state index >= 15 is 0 Å². The molecule has 31 heavy (non-hydrogen) atoms. The lowest BCUT2D eigenvalue weighted by Gasteiger charge is -2.30. The van der Waals surface area contributed by atoms with Crippen LogP contribution in [0, 0.1) is 11.8 Å². The topological polar surface area (TPSA) is 81.7 Å². The maximum absolute atomic E-state index is 12.7. The largest absolute Gasteiger partial charge is 0.326 e. The Hall–Kier alpha value is -2.70. The summed E-state index contributed by atoms with van der Waals surface area (Å²) in [7, 11) is 0. The number of carbonyl (C=O) groups excluding carboxylic acids is 2. The molecule has 1 aliphatic heterocycles. The fourth-order valence-electron chi connectivity index (χ4n) is 4.78. The van der Waals surface area contributed by atoms with Gasteiger partial charge in [-0.3, -0.25) is 14.8 Å². The van der Waals surface area contributed by atoms with Gasteiger partial charge < -0.3 is 10.2 Å². The monoisotopic (exact) mass is 421 g/mol. The van der Waals surface area contributed by atoms with Crippen molar-refractivity contribution in [2.24, 2.45) is 11.8 Å². The number of anilines is 1. The van der Waals surface area contributed by atoms with Crippen molar-refractivity contribution >= 4 is 17.5 Å². The summed E-state index contributed by atoms with van der Waals surface area (Å²) in [5.41, 5.74) is 7.11. The Kier molecular flexibility index (Phi) is 6.68. The van der Waals surface area contributed by atoms with E-state index in [0.29, 0.717) is 6.42 Å². The van der Waals surface area contributed by atoms with E-state index in [4.69, 9.17) is 5.21 Å². The van der Waals surface area contributed by atoms with Gasteiger partial charge in [-0.2, -0.15) is 0 Å². The second kappa shape index (κ2) is 9.62. The first kappa shape index (κ1) is 21.5. The SMILES string of the molecule is CCN1CCC(C(=O)Nc2cccc(-c3ccc4c(c3)CC(C(=O)NO)CC4)c2)CC1. The number of fused-ring (bicyclic) bond motifs is 1. The number of nitrogens with zero attached hydrogens (tertiary/aromatic N) is 1. The normalized spacial score (nSPS) is 19.5. The average Bonchev–Trinajstić information content (AvgIpc) is 2.83. The highest BCUT2D eigenvalue weighted by Gasteiger charge is 2.25. The van der Waals surface area contributed by atoms with E-state index in [2.05, 4.69) is 35.3 Å².